The maximum Gasteiger partial charge on any atom is 0.291 e. The molecule has 0 unspecified atom stereocenters. The van der Waals surface area contributed by atoms with Crippen LogP contribution in [0.15, 0.2) is 6.07 Å². The number of halogens is 1. The maximum atomic E-state index is 11.0. The Hall–Kier alpha value is -1.23. The molecule has 0 aliphatic heterocycles. The molecule has 0 aromatic heterocycles. The monoisotopic (exact) mass is 287 g/mol. The number of nitrogens with one attached hydrogen (secondary N) is 1. The van der Waals surface area contributed by atoms with Crippen molar-refractivity contribution in [3.63, 3.8) is 0 Å². The van der Waals surface area contributed by atoms with Gasteiger partial charge in [-0.15, -0.1) is 0 Å². The van der Waals surface area contributed by atoms with Crippen molar-refractivity contribution in [1.82, 2.24) is 0 Å². The Bertz CT molecular complexity index is 418. The summed E-state index contributed by atoms with van der Waals surface area (Å²) in [5, 5.41) is 2.64. The number of carbonyl (C=O) groups is 1. The highest BCUT2D eigenvalue weighted by Crippen LogP contribution is 2.37. The van der Waals surface area contributed by atoms with Gasteiger partial charge in [-0.2, -0.15) is 0 Å². The van der Waals surface area contributed by atoms with Crippen molar-refractivity contribution in [2.75, 3.05) is 19.5 Å². The van der Waals surface area contributed by atoms with Gasteiger partial charge in [-0.25, -0.2) is 0 Å². The van der Waals surface area contributed by atoms with Gasteiger partial charge in [0.2, 0.25) is 0 Å². The molecule has 0 spiro atoms. The fraction of sp³-hybridized carbons (Fsp3) is 0.364. The Morgan fingerprint density at radius 1 is 1.25 bits per heavy atom. The van der Waals surface area contributed by atoms with E-state index in [1.807, 2.05) is 13.8 Å². The second-order valence-corrected chi connectivity index (χ2v) is 4.03. The van der Waals surface area contributed by atoms with Crippen LogP contribution in [0.4, 0.5) is 10.5 Å². The third-order valence-electron chi connectivity index (χ3n) is 2.45. The number of anilines is 1. The van der Waals surface area contributed by atoms with E-state index in [9.17, 15) is 4.79 Å². The highest BCUT2D eigenvalue weighted by Gasteiger charge is 2.14. The summed E-state index contributed by atoms with van der Waals surface area (Å²) >= 11 is 2.82. The van der Waals surface area contributed by atoms with Crippen molar-refractivity contribution in [3.05, 3.63) is 17.2 Å². The molecule has 0 saturated heterocycles. The number of carbonyl (C=O) groups excluding carboxylic acids is 1. The van der Waals surface area contributed by atoms with Gasteiger partial charge >= 0.3 is 0 Å². The van der Waals surface area contributed by atoms with E-state index in [2.05, 4.69) is 21.2 Å². The average Bonchev–Trinajstić information content (AvgIpc) is 2.23. The zero-order chi connectivity index (χ0) is 12.3. The summed E-state index contributed by atoms with van der Waals surface area (Å²) < 4.78 is 10.5. The van der Waals surface area contributed by atoms with Crippen molar-refractivity contribution in [2.24, 2.45) is 0 Å². The topological polar surface area (TPSA) is 47.6 Å². The zero-order valence-electron chi connectivity index (χ0n) is 9.68. The van der Waals surface area contributed by atoms with Crippen molar-refractivity contribution in [1.29, 1.82) is 0 Å². The Labute approximate surface area is 103 Å². The van der Waals surface area contributed by atoms with Crippen LogP contribution < -0.4 is 14.8 Å². The van der Waals surface area contributed by atoms with E-state index >= 15 is 0 Å². The molecule has 1 aromatic carbocycles. The second kappa shape index (κ2) is 5.21. The minimum atomic E-state index is -0.323. The van der Waals surface area contributed by atoms with Crippen LogP contribution in [0.1, 0.15) is 11.1 Å². The van der Waals surface area contributed by atoms with Gasteiger partial charge in [0.05, 0.1) is 19.9 Å². The molecule has 0 radical (unpaired) electrons. The molecule has 5 heteroatoms. The van der Waals surface area contributed by atoms with Crippen LogP contribution in [0.5, 0.6) is 11.5 Å². The molecule has 0 bridgehead atoms. The second-order valence-electron chi connectivity index (χ2n) is 3.31. The number of ether oxygens (including phenoxy) is 2. The SMILES string of the molecule is COc1cc(NC(=O)Br)c(OC)c(C)c1C. The van der Waals surface area contributed by atoms with Gasteiger partial charge in [-0.3, -0.25) is 4.79 Å². The molecule has 1 rings (SSSR count). The van der Waals surface area contributed by atoms with Crippen LogP contribution in [0.25, 0.3) is 0 Å². The molecule has 1 aromatic rings. The number of benzene rings is 1. The highest BCUT2D eigenvalue weighted by molar-refractivity contribution is 9.18. The number of rotatable bonds is 3. The van der Waals surface area contributed by atoms with E-state index in [1.54, 1.807) is 20.3 Å². The first-order chi connectivity index (χ1) is 7.51. The molecule has 1 N–H and O–H groups in total. The van der Waals surface area contributed by atoms with Gasteiger partial charge in [-0.05, 0) is 25.0 Å². The first kappa shape index (κ1) is 12.8. The van der Waals surface area contributed by atoms with Crippen LogP contribution in [0, 0.1) is 13.8 Å². The average molecular weight is 288 g/mol. The Balaban J connectivity index is 3.34. The normalized spacial score (nSPS) is 9.81. The van der Waals surface area contributed by atoms with Crippen molar-refractivity contribution in [3.8, 4) is 11.5 Å². The van der Waals surface area contributed by atoms with E-state index < -0.39 is 0 Å². The first-order valence-electron chi connectivity index (χ1n) is 4.70. The number of amides is 1. The molecular weight excluding hydrogens is 274 g/mol. The standard InChI is InChI=1S/C11H14BrNO3/c1-6-7(2)10(16-4)8(13-11(12)14)5-9(6)15-3/h5H,1-4H3,(H,13,14). The number of hydrogen-bond acceptors (Lipinski definition) is 3. The molecule has 16 heavy (non-hydrogen) atoms. The van der Waals surface area contributed by atoms with Gasteiger partial charge in [0, 0.05) is 22.0 Å². The first-order valence-corrected chi connectivity index (χ1v) is 5.49. The van der Waals surface area contributed by atoms with Gasteiger partial charge in [0.15, 0.2) is 0 Å². The predicted molar refractivity (Wildman–Crippen MR) is 67.0 cm³/mol. The fourth-order valence-electron chi connectivity index (χ4n) is 1.54. The summed E-state index contributed by atoms with van der Waals surface area (Å²) in [6, 6.07) is 1.74. The van der Waals surface area contributed by atoms with E-state index in [1.165, 1.54) is 0 Å². The molecule has 0 aliphatic rings. The van der Waals surface area contributed by atoms with Crippen LogP contribution in [-0.2, 0) is 0 Å². The van der Waals surface area contributed by atoms with E-state index in [4.69, 9.17) is 9.47 Å². The quantitative estimate of drug-likeness (QED) is 0.686. The molecule has 0 heterocycles. The van der Waals surface area contributed by atoms with Crippen molar-refractivity contribution in [2.45, 2.75) is 13.8 Å². The van der Waals surface area contributed by atoms with E-state index in [-0.39, 0.29) is 4.82 Å². The Morgan fingerprint density at radius 3 is 2.31 bits per heavy atom. The molecular formula is C11H14BrNO3. The number of hydrogen-bond donors (Lipinski definition) is 1. The van der Waals surface area contributed by atoms with Crippen molar-refractivity contribution >= 4 is 26.4 Å². The molecule has 0 aliphatic carbocycles. The van der Waals surface area contributed by atoms with Gasteiger partial charge in [0.1, 0.15) is 11.5 Å². The fourth-order valence-corrected chi connectivity index (χ4v) is 1.75. The summed E-state index contributed by atoms with van der Waals surface area (Å²) in [7, 11) is 3.16. The van der Waals surface area contributed by atoms with Gasteiger partial charge in [0.25, 0.3) is 4.82 Å². The third kappa shape index (κ3) is 2.47. The summed E-state index contributed by atoms with van der Waals surface area (Å²) in [5.41, 5.74) is 2.52. The predicted octanol–water partition coefficient (Wildman–Crippen LogP) is 3.25. The Morgan fingerprint density at radius 2 is 1.88 bits per heavy atom. The minimum absolute atomic E-state index is 0.323. The molecule has 0 fully saturated rings. The number of methoxy groups -OCH3 is 2. The summed E-state index contributed by atoms with van der Waals surface area (Å²) in [6.07, 6.45) is 0. The smallest absolute Gasteiger partial charge is 0.291 e. The highest BCUT2D eigenvalue weighted by atomic mass is 79.9. The lowest BCUT2D eigenvalue weighted by atomic mass is 10.1. The summed E-state index contributed by atoms with van der Waals surface area (Å²) in [4.78, 5) is 10.7. The lowest BCUT2D eigenvalue weighted by Crippen LogP contribution is -2.05. The van der Waals surface area contributed by atoms with Crippen LogP contribution >= 0.6 is 15.9 Å². The maximum absolute atomic E-state index is 11.0. The van der Waals surface area contributed by atoms with Crippen LogP contribution in [0.3, 0.4) is 0 Å². The molecule has 0 atom stereocenters. The Kier molecular flexibility index (Phi) is 4.18. The van der Waals surface area contributed by atoms with Crippen molar-refractivity contribution < 1.29 is 14.3 Å². The largest absolute Gasteiger partial charge is 0.496 e. The van der Waals surface area contributed by atoms with E-state index in [0.717, 1.165) is 16.9 Å². The summed E-state index contributed by atoms with van der Waals surface area (Å²) in [5.74, 6) is 1.36. The van der Waals surface area contributed by atoms with Crippen LogP contribution in [-0.4, -0.2) is 19.0 Å². The van der Waals surface area contributed by atoms with Gasteiger partial charge < -0.3 is 14.8 Å². The molecule has 4 nitrogen and oxygen atoms in total. The van der Waals surface area contributed by atoms with E-state index in [0.29, 0.717) is 11.4 Å². The molecule has 1 amide bonds. The van der Waals surface area contributed by atoms with Crippen LogP contribution in [0.2, 0.25) is 0 Å². The third-order valence-corrected chi connectivity index (χ3v) is 2.65. The lowest BCUT2D eigenvalue weighted by Gasteiger charge is -2.16. The summed E-state index contributed by atoms with van der Waals surface area (Å²) in [6.45, 7) is 3.86. The zero-order valence-corrected chi connectivity index (χ0v) is 11.3. The minimum Gasteiger partial charge on any atom is -0.496 e. The molecule has 88 valence electrons. The van der Waals surface area contributed by atoms with Gasteiger partial charge in [-0.1, -0.05) is 0 Å². The lowest BCUT2D eigenvalue weighted by molar-refractivity contribution is 0.270. The molecule has 0 saturated carbocycles.